The van der Waals surface area contributed by atoms with Crippen molar-refractivity contribution in [3.8, 4) is 0 Å². The summed E-state index contributed by atoms with van der Waals surface area (Å²) < 4.78 is 5.70. The second kappa shape index (κ2) is 5.58. The van der Waals surface area contributed by atoms with Crippen LogP contribution in [-0.2, 0) is 0 Å². The fourth-order valence-electron chi connectivity index (χ4n) is 3.06. The molecule has 0 radical (unpaired) electrons. The number of fused-ring (bicyclic) bond motifs is 1. The van der Waals surface area contributed by atoms with Crippen molar-refractivity contribution < 1.29 is 4.42 Å². The summed E-state index contributed by atoms with van der Waals surface area (Å²) in [6, 6.07) is 9.22. The van der Waals surface area contributed by atoms with E-state index in [9.17, 15) is 0 Å². The van der Waals surface area contributed by atoms with Gasteiger partial charge in [0.1, 0.15) is 5.58 Å². The van der Waals surface area contributed by atoms with Crippen LogP contribution in [0.3, 0.4) is 0 Å². The third-order valence-corrected chi connectivity index (χ3v) is 4.09. The van der Waals surface area contributed by atoms with Gasteiger partial charge in [-0.3, -0.25) is 4.90 Å². The molecule has 1 aromatic carbocycles. The van der Waals surface area contributed by atoms with Gasteiger partial charge in [-0.1, -0.05) is 32.0 Å². The Bertz CT molecular complexity index is 571. The fraction of sp³-hybridized carbons (Fsp3) is 0.529. The first-order chi connectivity index (χ1) is 9.70. The van der Waals surface area contributed by atoms with Gasteiger partial charge in [0.15, 0.2) is 0 Å². The summed E-state index contributed by atoms with van der Waals surface area (Å²) in [7, 11) is 0. The standard InChI is InChI=1S/C17H24N2O/c1-12(2)10-19(13-7-8-13)16(9-18)15-11-20-17-6-4-3-5-14(15)17/h3-6,11-13,16H,7-10,18H2,1-2H3. The van der Waals surface area contributed by atoms with Crippen LogP contribution < -0.4 is 5.73 Å². The van der Waals surface area contributed by atoms with E-state index in [0.717, 1.165) is 12.1 Å². The van der Waals surface area contributed by atoms with Gasteiger partial charge in [-0.2, -0.15) is 0 Å². The lowest BCUT2D eigenvalue weighted by molar-refractivity contribution is 0.170. The molecular formula is C17H24N2O. The normalized spacial score (nSPS) is 17.2. The average molecular weight is 272 g/mol. The Labute approximate surface area is 120 Å². The lowest BCUT2D eigenvalue weighted by atomic mass is 10.0. The van der Waals surface area contributed by atoms with E-state index in [1.54, 1.807) is 0 Å². The van der Waals surface area contributed by atoms with Crippen LogP contribution in [0.2, 0.25) is 0 Å². The highest BCUT2D eigenvalue weighted by Gasteiger charge is 2.35. The number of nitrogens with two attached hydrogens (primary N) is 1. The fourth-order valence-corrected chi connectivity index (χ4v) is 3.06. The highest BCUT2D eigenvalue weighted by atomic mass is 16.3. The van der Waals surface area contributed by atoms with Gasteiger partial charge in [-0.05, 0) is 24.8 Å². The van der Waals surface area contributed by atoms with Crippen molar-refractivity contribution in [1.29, 1.82) is 0 Å². The molecule has 2 N–H and O–H groups in total. The Hall–Kier alpha value is -1.32. The van der Waals surface area contributed by atoms with E-state index in [0.29, 0.717) is 18.5 Å². The number of rotatable bonds is 6. The monoisotopic (exact) mass is 272 g/mol. The molecule has 20 heavy (non-hydrogen) atoms. The lowest BCUT2D eigenvalue weighted by Crippen LogP contribution is -2.37. The van der Waals surface area contributed by atoms with Crippen molar-refractivity contribution >= 4 is 11.0 Å². The Morgan fingerprint density at radius 1 is 1.30 bits per heavy atom. The Kier molecular flexibility index (Phi) is 3.81. The highest BCUT2D eigenvalue weighted by molar-refractivity contribution is 5.81. The number of benzene rings is 1. The zero-order chi connectivity index (χ0) is 14.1. The molecule has 1 unspecified atom stereocenters. The van der Waals surface area contributed by atoms with E-state index in [1.165, 1.54) is 23.8 Å². The summed E-state index contributed by atoms with van der Waals surface area (Å²) in [6.07, 6.45) is 4.51. The molecule has 0 saturated heterocycles. The highest BCUT2D eigenvalue weighted by Crippen LogP contribution is 2.37. The van der Waals surface area contributed by atoms with Crippen LogP contribution in [-0.4, -0.2) is 24.0 Å². The number of nitrogens with zero attached hydrogens (tertiary/aromatic N) is 1. The molecule has 1 fully saturated rings. The first kappa shape index (κ1) is 13.7. The van der Waals surface area contributed by atoms with Gasteiger partial charge in [0.25, 0.3) is 0 Å². The number of para-hydroxylation sites is 1. The zero-order valence-corrected chi connectivity index (χ0v) is 12.4. The molecule has 1 aliphatic carbocycles. The second-order valence-corrected chi connectivity index (χ2v) is 6.26. The SMILES string of the molecule is CC(C)CN(C1CC1)C(CN)c1coc2ccccc12. The predicted octanol–water partition coefficient (Wildman–Crippen LogP) is 3.55. The van der Waals surface area contributed by atoms with Gasteiger partial charge in [0, 0.05) is 30.1 Å². The third-order valence-electron chi connectivity index (χ3n) is 4.09. The quantitative estimate of drug-likeness (QED) is 0.874. The summed E-state index contributed by atoms with van der Waals surface area (Å²) in [5, 5.41) is 1.21. The molecule has 3 nitrogen and oxygen atoms in total. The summed E-state index contributed by atoms with van der Waals surface area (Å²) in [6.45, 7) is 6.30. The first-order valence-electron chi connectivity index (χ1n) is 7.62. The van der Waals surface area contributed by atoms with Gasteiger partial charge < -0.3 is 10.2 Å². The molecule has 1 aromatic heterocycles. The van der Waals surface area contributed by atoms with E-state index < -0.39 is 0 Å². The molecule has 1 atom stereocenters. The molecule has 0 aliphatic heterocycles. The van der Waals surface area contributed by atoms with E-state index in [-0.39, 0.29) is 6.04 Å². The van der Waals surface area contributed by atoms with Crippen LogP contribution in [0.15, 0.2) is 34.9 Å². The van der Waals surface area contributed by atoms with Crippen molar-refractivity contribution in [2.24, 2.45) is 11.7 Å². The topological polar surface area (TPSA) is 42.4 Å². The van der Waals surface area contributed by atoms with Crippen LogP contribution in [0.4, 0.5) is 0 Å². The molecule has 108 valence electrons. The summed E-state index contributed by atoms with van der Waals surface area (Å²) >= 11 is 0. The molecule has 0 bridgehead atoms. The van der Waals surface area contributed by atoms with Gasteiger partial charge in [0.2, 0.25) is 0 Å². The van der Waals surface area contributed by atoms with Crippen molar-refractivity contribution in [1.82, 2.24) is 4.90 Å². The predicted molar refractivity (Wildman–Crippen MR) is 82.6 cm³/mol. The molecule has 1 aliphatic rings. The summed E-state index contributed by atoms with van der Waals surface area (Å²) in [5.41, 5.74) is 8.32. The third kappa shape index (κ3) is 2.60. The van der Waals surface area contributed by atoms with Gasteiger partial charge >= 0.3 is 0 Å². The molecule has 3 rings (SSSR count). The van der Waals surface area contributed by atoms with Crippen LogP contribution >= 0.6 is 0 Å². The molecule has 3 heteroatoms. The molecule has 2 aromatic rings. The number of hydrogen-bond acceptors (Lipinski definition) is 3. The minimum Gasteiger partial charge on any atom is -0.464 e. The van der Waals surface area contributed by atoms with Crippen LogP contribution in [0, 0.1) is 5.92 Å². The number of furan rings is 1. The first-order valence-corrected chi connectivity index (χ1v) is 7.62. The maximum Gasteiger partial charge on any atom is 0.134 e. The maximum absolute atomic E-state index is 6.11. The van der Waals surface area contributed by atoms with E-state index in [1.807, 2.05) is 18.4 Å². The Balaban J connectivity index is 1.95. The van der Waals surface area contributed by atoms with Crippen molar-refractivity contribution in [3.05, 3.63) is 36.1 Å². The van der Waals surface area contributed by atoms with Crippen molar-refractivity contribution in [3.63, 3.8) is 0 Å². The maximum atomic E-state index is 6.11. The van der Waals surface area contributed by atoms with Crippen molar-refractivity contribution in [2.75, 3.05) is 13.1 Å². The van der Waals surface area contributed by atoms with Crippen LogP contribution in [0.1, 0.15) is 38.3 Å². The van der Waals surface area contributed by atoms with Crippen LogP contribution in [0.5, 0.6) is 0 Å². The minimum absolute atomic E-state index is 0.272. The van der Waals surface area contributed by atoms with E-state index in [4.69, 9.17) is 10.2 Å². The Morgan fingerprint density at radius 3 is 2.70 bits per heavy atom. The Morgan fingerprint density at radius 2 is 2.05 bits per heavy atom. The lowest BCUT2D eigenvalue weighted by Gasteiger charge is -2.32. The van der Waals surface area contributed by atoms with Gasteiger partial charge in [-0.15, -0.1) is 0 Å². The average Bonchev–Trinajstić information content (AvgIpc) is 3.20. The second-order valence-electron chi connectivity index (χ2n) is 6.26. The molecular weight excluding hydrogens is 248 g/mol. The van der Waals surface area contributed by atoms with Gasteiger partial charge in [0.05, 0.1) is 12.3 Å². The molecule has 0 spiro atoms. The van der Waals surface area contributed by atoms with E-state index in [2.05, 4.69) is 30.9 Å². The van der Waals surface area contributed by atoms with Gasteiger partial charge in [-0.25, -0.2) is 0 Å². The van der Waals surface area contributed by atoms with Crippen molar-refractivity contribution in [2.45, 2.75) is 38.8 Å². The zero-order valence-electron chi connectivity index (χ0n) is 12.4. The molecule has 1 saturated carbocycles. The van der Waals surface area contributed by atoms with E-state index >= 15 is 0 Å². The molecule has 1 heterocycles. The minimum atomic E-state index is 0.272. The number of hydrogen-bond donors (Lipinski definition) is 1. The van der Waals surface area contributed by atoms with Crippen LogP contribution in [0.25, 0.3) is 11.0 Å². The smallest absolute Gasteiger partial charge is 0.134 e. The molecule has 0 amide bonds. The summed E-state index contributed by atoms with van der Waals surface area (Å²) in [5.74, 6) is 0.655. The summed E-state index contributed by atoms with van der Waals surface area (Å²) in [4.78, 5) is 2.59. The largest absolute Gasteiger partial charge is 0.464 e.